The number of rotatable bonds is 4. The van der Waals surface area contributed by atoms with Crippen molar-refractivity contribution in [2.75, 3.05) is 26.2 Å². The lowest BCUT2D eigenvalue weighted by atomic mass is 10.1. The summed E-state index contributed by atoms with van der Waals surface area (Å²) in [6.45, 7) is 3.79. The molecule has 1 aliphatic rings. The topological polar surface area (TPSA) is 75.5 Å². The Balaban J connectivity index is 1.52. The summed E-state index contributed by atoms with van der Waals surface area (Å²) in [7, 11) is -4.21. The van der Waals surface area contributed by atoms with E-state index in [4.69, 9.17) is 0 Å². The quantitative estimate of drug-likeness (QED) is 0.600. The van der Waals surface area contributed by atoms with Gasteiger partial charge in [0.2, 0.25) is 10.0 Å². The van der Waals surface area contributed by atoms with Crippen LogP contribution in [0.15, 0.2) is 53.4 Å². The van der Waals surface area contributed by atoms with Crippen molar-refractivity contribution in [2.45, 2.75) is 18.7 Å². The highest BCUT2D eigenvalue weighted by Gasteiger charge is 2.33. The molecule has 0 spiro atoms. The Kier molecular flexibility index (Phi) is 5.83. The lowest BCUT2D eigenvalue weighted by Crippen LogP contribution is -2.50. The monoisotopic (exact) mass is 460 g/mol. The fraction of sp³-hybridized carbons (Fsp3) is 0.273. The number of nitrogens with zero attached hydrogens (tertiary/aromatic N) is 4. The smallest absolute Gasteiger partial charge is 0.257 e. The molecule has 0 saturated carbocycles. The third-order valence-electron chi connectivity index (χ3n) is 5.54. The maximum absolute atomic E-state index is 14.0. The first-order valence-corrected chi connectivity index (χ1v) is 11.5. The summed E-state index contributed by atoms with van der Waals surface area (Å²) >= 11 is 0. The Hall–Kier alpha value is -3.11. The Morgan fingerprint density at radius 1 is 0.969 bits per heavy atom. The van der Waals surface area contributed by atoms with Gasteiger partial charge in [-0.1, -0.05) is 18.2 Å². The van der Waals surface area contributed by atoms with Gasteiger partial charge >= 0.3 is 0 Å². The Labute approximate surface area is 184 Å². The molecule has 0 atom stereocenters. The molecular formula is C22H22F2N4O3S. The average Bonchev–Trinajstić information content (AvgIpc) is 3.09. The molecule has 10 heteroatoms. The van der Waals surface area contributed by atoms with Crippen LogP contribution in [0, 0.1) is 25.5 Å². The third kappa shape index (κ3) is 3.91. The zero-order valence-electron chi connectivity index (χ0n) is 17.6. The second kappa shape index (κ2) is 8.44. The number of carbonyl (C=O) groups is 1. The lowest BCUT2D eigenvalue weighted by molar-refractivity contribution is 0.0696. The maximum Gasteiger partial charge on any atom is 0.257 e. The van der Waals surface area contributed by atoms with Gasteiger partial charge in [0.1, 0.15) is 16.5 Å². The van der Waals surface area contributed by atoms with Gasteiger partial charge in [0.05, 0.1) is 22.6 Å². The minimum Gasteiger partial charge on any atom is -0.336 e. The van der Waals surface area contributed by atoms with Crippen LogP contribution in [-0.4, -0.2) is 59.5 Å². The minimum absolute atomic E-state index is 0.0189. The van der Waals surface area contributed by atoms with Gasteiger partial charge in [0, 0.05) is 26.2 Å². The van der Waals surface area contributed by atoms with E-state index in [2.05, 4.69) is 5.10 Å². The van der Waals surface area contributed by atoms with E-state index in [9.17, 15) is 22.0 Å². The predicted octanol–water partition coefficient (Wildman–Crippen LogP) is 2.91. The molecule has 7 nitrogen and oxygen atoms in total. The Bertz CT molecular complexity index is 1270. The molecule has 0 bridgehead atoms. The number of hydrogen-bond donors (Lipinski definition) is 0. The average molecular weight is 461 g/mol. The molecule has 168 valence electrons. The van der Waals surface area contributed by atoms with Crippen LogP contribution in [0.25, 0.3) is 5.69 Å². The van der Waals surface area contributed by atoms with Crippen molar-refractivity contribution >= 4 is 15.9 Å². The maximum atomic E-state index is 14.0. The SMILES string of the molecule is Cc1nn(-c2ccccc2)c(C)c1C(=O)N1CCN(S(=O)(=O)c2cc(F)ccc2F)CC1. The van der Waals surface area contributed by atoms with E-state index in [1.165, 1.54) is 0 Å². The van der Waals surface area contributed by atoms with E-state index in [0.29, 0.717) is 23.0 Å². The number of amides is 1. The number of hydrogen-bond acceptors (Lipinski definition) is 4. The molecule has 3 aromatic rings. The van der Waals surface area contributed by atoms with Gasteiger partial charge in [-0.2, -0.15) is 9.40 Å². The van der Waals surface area contributed by atoms with Gasteiger partial charge in [0.15, 0.2) is 0 Å². The second-order valence-electron chi connectivity index (χ2n) is 7.56. The highest BCUT2D eigenvalue weighted by molar-refractivity contribution is 7.89. The van der Waals surface area contributed by atoms with Crippen molar-refractivity contribution < 1.29 is 22.0 Å². The van der Waals surface area contributed by atoms with Crippen LogP contribution in [0.3, 0.4) is 0 Å². The minimum atomic E-state index is -4.21. The van der Waals surface area contributed by atoms with Gasteiger partial charge in [-0.15, -0.1) is 0 Å². The molecule has 1 fully saturated rings. The summed E-state index contributed by atoms with van der Waals surface area (Å²) in [5, 5.41) is 4.49. The van der Waals surface area contributed by atoms with E-state index >= 15 is 0 Å². The molecule has 1 saturated heterocycles. The number of piperazine rings is 1. The molecule has 2 aromatic carbocycles. The van der Waals surface area contributed by atoms with Crippen molar-refractivity contribution in [1.29, 1.82) is 0 Å². The summed E-state index contributed by atoms with van der Waals surface area (Å²) in [4.78, 5) is 14.1. The van der Waals surface area contributed by atoms with Gasteiger partial charge in [0.25, 0.3) is 5.91 Å². The number of aryl methyl sites for hydroxylation is 1. The van der Waals surface area contributed by atoms with Gasteiger partial charge in [-0.25, -0.2) is 21.9 Å². The van der Waals surface area contributed by atoms with Crippen molar-refractivity contribution in [3.63, 3.8) is 0 Å². The highest BCUT2D eigenvalue weighted by atomic mass is 32.2. The molecule has 1 aromatic heterocycles. The van der Waals surface area contributed by atoms with Crippen LogP contribution in [0.1, 0.15) is 21.7 Å². The largest absolute Gasteiger partial charge is 0.336 e. The summed E-state index contributed by atoms with van der Waals surface area (Å²) in [5.41, 5.74) is 2.57. The second-order valence-corrected chi connectivity index (χ2v) is 9.47. The van der Waals surface area contributed by atoms with Gasteiger partial charge in [-0.3, -0.25) is 4.79 Å². The molecule has 0 unspecified atom stereocenters. The summed E-state index contributed by atoms with van der Waals surface area (Å²) in [5.74, 6) is -2.08. The molecule has 0 aliphatic carbocycles. The van der Waals surface area contributed by atoms with Crippen molar-refractivity contribution in [3.8, 4) is 5.69 Å². The van der Waals surface area contributed by atoms with E-state index in [-0.39, 0.29) is 32.1 Å². The summed E-state index contributed by atoms with van der Waals surface area (Å²) in [6.07, 6.45) is 0. The van der Waals surface area contributed by atoms with Gasteiger partial charge < -0.3 is 4.90 Å². The molecule has 0 N–H and O–H groups in total. The van der Waals surface area contributed by atoms with Crippen LogP contribution in [0.4, 0.5) is 8.78 Å². The van der Waals surface area contributed by atoms with Gasteiger partial charge in [-0.05, 0) is 44.2 Å². The molecule has 1 amide bonds. The summed E-state index contributed by atoms with van der Waals surface area (Å²) in [6, 6.07) is 11.8. The fourth-order valence-electron chi connectivity index (χ4n) is 3.88. The van der Waals surface area contributed by atoms with E-state index in [1.807, 2.05) is 37.3 Å². The van der Waals surface area contributed by atoms with Crippen LogP contribution in [0.5, 0.6) is 0 Å². The first-order chi connectivity index (χ1) is 15.2. The number of sulfonamides is 1. The number of carbonyl (C=O) groups excluding carboxylic acids is 1. The van der Waals surface area contributed by atoms with Crippen molar-refractivity contribution in [1.82, 2.24) is 19.0 Å². The first-order valence-electron chi connectivity index (χ1n) is 10.1. The van der Waals surface area contributed by atoms with Crippen LogP contribution < -0.4 is 0 Å². The molecule has 2 heterocycles. The van der Waals surface area contributed by atoms with Crippen LogP contribution >= 0.6 is 0 Å². The number of halogens is 2. The zero-order chi connectivity index (χ0) is 23.0. The van der Waals surface area contributed by atoms with Crippen LogP contribution in [-0.2, 0) is 10.0 Å². The predicted molar refractivity (Wildman–Crippen MR) is 114 cm³/mol. The first kappa shape index (κ1) is 22.1. The number of benzene rings is 2. The van der Waals surface area contributed by atoms with E-state index in [0.717, 1.165) is 22.1 Å². The standard InChI is InChI=1S/C22H22F2N4O3S/c1-15-21(16(2)28(25-15)18-6-4-3-5-7-18)22(29)26-10-12-27(13-11-26)32(30,31)20-14-17(23)8-9-19(20)24/h3-9,14H,10-13H2,1-2H3. The molecule has 4 rings (SSSR count). The Morgan fingerprint density at radius 2 is 1.62 bits per heavy atom. The van der Waals surface area contributed by atoms with E-state index < -0.39 is 26.6 Å². The molecular weight excluding hydrogens is 438 g/mol. The van der Waals surface area contributed by atoms with E-state index in [1.54, 1.807) is 16.5 Å². The van der Waals surface area contributed by atoms with Crippen LogP contribution in [0.2, 0.25) is 0 Å². The van der Waals surface area contributed by atoms with Crippen molar-refractivity contribution in [2.24, 2.45) is 0 Å². The number of aromatic nitrogens is 2. The zero-order valence-corrected chi connectivity index (χ0v) is 18.4. The fourth-order valence-corrected chi connectivity index (χ4v) is 5.37. The van der Waals surface area contributed by atoms with Crippen molar-refractivity contribution in [3.05, 3.63) is 77.1 Å². The molecule has 0 radical (unpaired) electrons. The highest BCUT2D eigenvalue weighted by Crippen LogP contribution is 2.24. The molecule has 1 aliphatic heterocycles. The lowest BCUT2D eigenvalue weighted by Gasteiger charge is -2.34. The Morgan fingerprint density at radius 3 is 2.28 bits per heavy atom. The summed E-state index contributed by atoms with van der Waals surface area (Å²) < 4.78 is 55.9. The normalized spacial score (nSPS) is 15.2. The third-order valence-corrected chi connectivity index (χ3v) is 7.46. The number of para-hydroxylation sites is 1. The molecule has 32 heavy (non-hydrogen) atoms.